The lowest BCUT2D eigenvalue weighted by atomic mass is 10.0. The van der Waals surface area contributed by atoms with E-state index in [0.29, 0.717) is 41.0 Å². The Morgan fingerprint density at radius 1 is 0.976 bits per heavy atom. The van der Waals surface area contributed by atoms with Gasteiger partial charge in [-0.15, -0.1) is 0 Å². The minimum absolute atomic E-state index is 0.124. The molecule has 1 aromatic heterocycles. The zero-order valence-corrected chi connectivity index (χ0v) is 25.0. The first-order chi connectivity index (χ1) is 19.9. The number of unbranched alkanes of at least 4 members (excludes halogenated alkanes) is 1. The van der Waals surface area contributed by atoms with Crippen LogP contribution in [0.3, 0.4) is 0 Å². The molecule has 1 amide bonds. The van der Waals surface area contributed by atoms with Crippen LogP contribution in [0, 0.1) is 18.3 Å². The number of hydrogen-bond acceptors (Lipinski definition) is 7. The van der Waals surface area contributed by atoms with E-state index in [1.54, 1.807) is 9.47 Å². The van der Waals surface area contributed by atoms with Gasteiger partial charge in [-0.05, 0) is 42.7 Å². The molecule has 0 spiro atoms. The van der Waals surface area contributed by atoms with Crippen LogP contribution >= 0.6 is 24.0 Å². The van der Waals surface area contributed by atoms with Gasteiger partial charge in [0, 0.05) is 44.0 Å². The van der Waals surface area contributed by atoms with Gasteiger partial charge in [-0.3, -0.25) is 19.1 Å². The molecular formula is C32H33N5O2S2. The fourth-order valence-corrected chi connectivity index (χ4v) is 6.59. The summed E-state index contributed by atoms with van der Waals surface area (Å²) in [6, 6.07) is 22.3. The van der Waals surface area contributed by atoms with Crippen molar-refractivity contribution in [3.8, 4) is 6.07 Å². The summed E-state index contributed by atoms with van der Waals surface area (Å²) in [6.07, 6.45) is 3.57. The van der Waals surface area contributed by atoms with Crippen LogP contribution in [0.1, 0.15) is 42.0 Å². The summed E-state index contributed by atoms with van der Waals surface area (Å²) < 4.78 is 2.25. The second-order valence-corrected chi connectivity index (χ2v) is 11.9. The Labute approximate surface area is 250 Å². The standard InChI is InChI=1S/C32H33N5O2S2/c1-3-4-15-36-29(35-18-16-34(17-19-35)25-13-9-6-10-14-25)26(23(2)27(21-33)30(36)38)20-28-31(39)37(32(40)41-28)22-24-11-7-5-8-12-24/h5-14,20H,3-4,15-19,22H2,1-2H3/b28-20-. The van der Waals surface area contributed by atoms with Gasteiger partial charge in [-0.1, -0.05) is 85.9 Å². The van der Waals surface area contributed by atoms with Crippen LogP contribution in [0.5, 0.6) is 0 Å². The van der Waals surface area contributed by atoms with E-state index in [1.165, 1.54) is 17.4 Å². The molecule has 2 aliphatic rings. The number of benzene rings is 2. The molecule has 2 fully saturated rings. The number of para-hydroxylation sites is 1. The molecule has 41 heavy (non-hydrogen) atoms. The van der Waals surface area contributed by atoms with Crippen molar-refractivity contribution in [1.82, 2.24) is 9.47 Å². The highest BCUT2D eigenvalue weighted by molar-refractivity contribution is 8.26. The molecule has 0 bridgehead atoms. The van der Waals surface area contributed by atoms with Gasteiger partial charge in [-0.2, -0.15) is 5.26 Å². The number of carbonyl (C=O) groups is 1. The molecule has 3 aromatic rings. The highest BCUT2D eigenvalue weighted by Gasteiger charge is 2.33. The molecule has 210 valence electrons. The molecule has 9 heteroatoms. The first-order valence-corrected chi connectivity index (χ1v) is 15.2. The summed E-state index contributed by atoms with van der Waals surface area (Å²) in [5, 5.41) is 9.99. The van der Waals surface area contributed by atoms with Crippen molar-refractivity contribution in [2.24, 2.45) is 0 Å². The Bertz CT molecular complexity index is 1570. The molecule has 0 N–H and O–H groups in total. The van der Waals surface area contributed by atoms with Gasteiger partial charge in [0.15, 0.2) is 0 Å². The number of pyridine rings is 1. The number of aromatic nitrogens is 1. The lowest BCUT2D eigenvalue weighted by Gasteiger charge is -2.39. The normalized spacial score (nSPS) is 16.5. The van der Waals surface area contributed by atoms with Crippen LogP contribution < -0.4 is 15.4 Å². The molecule has 0 radical (unpaired) electrons. The summed E-state index contributed by atoms with van der Waals surface area (Å²) in [5.74, 6) is 0.619. The average molecular weight is 584 g/mol. The zero-order valence-electron chi connectivity index (χ0n) is 23.4. The average Bonchev–Trinajstić information content (AvgIpc) is 3.26. The van der Waals surface area contributed by atoms with Gasteiger partial charge >= 0.3 is 0 Å². The van der Waals surface area contributed by atoms with Gasteiger partial charge in [0.05, 0.1) is 11.4 Å². The summed E-state index contributed by atoms with van der Waals surface area (Å²) in [5.41, 5.74) is 3.36. The molecule has 2 aliphatic heterocycles. The van der Waals surface area contributed by atoms with E-state index >= 15 is 0 Å². The Hall–Kier alpha value is -3.87. The monoisotopic (exact) mass is 583 g/mol. The number of nitrogens with zero attached hydrogens (tertiary/aromatic N) is 5. The third-order valence-corrected chi connectivity index (χ3v) is 8.99. The van der Waals surface area contributed by atoms with E-state index < -0.39 is 0 Å². The maximum Gasteiger partial charge on any atom is 0.270 e. The maximum atomic E-state index is 13.6. The van der Waals surface area contributed by atoms with Crippen LogP contribution in [-0.2, 0) is 17.9 Å². The molecule has 5 rings (SSSR count). The van der Waals surface area contributed by atoms with Crippen LogP contribution in [-0.4, -0.2) is 45.9 Å². The summed E-state index contributed by atoms with van der Waals surface area (Å²) in [4.78, 5) is 33.9. The van der Waals surface area contributed by atoms with Crippen molar-refractivity contribution >= 4 is 51.8 Å². The first kappa shape index (κ1) is 28.7. The van der Waals surface area contributed by atoms with E-state index in [4.69, 9.17) is 12.2 Å². The Morgan fingerprint density at radius 2 is 1.61 bits per heavy atom. The predicted octanol–water partition coefficient (Wildman–Crippen LogP) is 5.56. The largest absolute Gasteiger partial charge is 0.368 e. The van der Waals surface area contributed by atoms with Crippen molar-refractivity contribution in [3.63, 3.8) is 0 Å². The summed E-state index contributed by atoms with van der Waals surface area (Å²) in [6.45, 7) is 7.81. The molecule has 0 unspecified atom stereocenters. The van der Waals surface area contributed by atoms with E-state index in [1.807, 2.05) is 61.5 Å². The fraction of sp³-hybridized carbons (Fsp3) is 0.312. The number of anilines is 2. The van der Waals surface area contributed by atoms with Gasteiger partial charge in [0.2, 0.25) is 0 Å². The molecule has 7 nitrogen and oxygen atoms in total. The number of thioether (sulfide) groups is 1. The van der Waals surface area contributed by atoms with Crippen LogP contribution in [0.2, 0.25) is 0 Å². The van der Waals surface area contributed by atoms with E-state index in [2.05, 4.69) is 34.9 Å². The smallest absolute Gasteiger partial charge is 0.270 e. The molecule has 0 aliphatic carbocycles. The van der Waals surface area contributed by atoms with Gasteiger partial charge in [-0.25, -0.2) is 0 Å². The number of nitriles is 1. The van der Waals surface area contributed by atoms with Crippen molar-refractivity contribution in [1.29, 1.82) is 5.26 Å². The minimum atomic E-state index is -0.271. The Kier molecular flexibility index (Phi) is 8.91. The molecule has 3 heterocycles. The van der Waals surface area contributed by atoms with Gasteiger partial charge in [0.25, 0.3) is 11.5 Å². The molecule has 2 saturated heterocycles. The lowest BCUT2D eigenvalue weighted by molar-refractivity contribution is -0.122. The zero-order chi connectivity index (χ0) is 28.9. The fourth-order valence-electron chi connectivity index (χ4n) is 5.36. The number of rotatable bonds is 8. The molecule has 2 aromatic carbocycles. The van der Waals surface area contributed by atoms with Crippen LogP contribution in [0.25, 0.3) is 6.08 Å². The second-order valence-electron chi connectivity index (χ2n) is 10.2. The highest BCUT2D eigenvalue weighted by Crippen LogP contribution is 2.37. The van der Waals surface area contributed by atoms with Crippen LogP contribution in [0.15, 0.2) is 70.4 Å². The quantitative estimate of drug-likeness (QED) is 0.254. The number of carbonyl (C=O) groups excluding carboxylic acids is 1. The minimum Gasteiger partial charge on any atom is -0.368 e. The molecular weight excluding hydrogens is 551 g/mol. The number of amides is 1. The third kappa shape index (κ3) is 5.95. The number of thiocarbonyl (C=S) groups is 1. The van der Waals surface area contributed by atoms with Gasteiger partial charge in [0.1, 0.15) is 21.8 Å². The topological polar surface area (TPSA) is 72.6 Å². The van der Waals surface area contributed by atoms with Crippen LogP contribution in [0.4, 0.5) is 11.5 Å². The summed E-state index contributed by atoms with van der Waals surface area (Å²) >= 11 is 6.89. The van der Waals surface area contributed by atoms with E-state index in [0.717, 1.165) is 42.9 Å². The maximum absolute atomic E-state index is 13.6. The number of hydrogen-bond donors (Lipinski definition) is 0. The Morgan fingerprint density at radius 3 is 2.24 bits per heavy atom. The van der Waals surface area contributed by atoms with Crippen molar-refractivity contribution in [3.05, 3.63) is 98.2 Å². The van der Waals surface area contributed by atoms with Gasteiger partial charge < -0.3 is 9.80 Å². The van der Waals surface area contributed by atoms with Crippen molar-refractivity contribution in [2.45, 2.75) is 39.8 Å². The van der Waals surface area contributed by atoms with Crippen molar-refractivity contribution in [2.75, 3.05) is 36.0 Å². The number of piperazine rings is 1. The van der Waals surface area contributed by atoms with Crippen molar-refractivity contribution < 1.29 is 4.79 Å². The third-order valence-electron chi connectivity index (χ3n) is 7.61. The SMILES string of the molecule is CCCCn1c(N2CCN(c3ccccc3)CC2)c(/C=C2\SC(=S)N(Cc3ccccc3)C2=O)c(C)c(C#N)c1=O. The highest BCUT2D eigenvalue weighted by atomic mass is 32.2. The lowest BCUT2D eigenvalue weighted by Crippen LogP contribution is -2.48. The molecule has 0 saturated carbocycles. The first-order valence-electron chi connectivity index (χ1n) is 13.9. The van der Waals surface area contributed by atoms with E-state index in [-0.39, 0.29) is 17.0 Å². The van der Waals surface area contributed by atoms with E-state index in [9.17, 15) is 14.9 Å². The predicted molar refractivity (Wildman–Crippen MR) is 171 cm³/mol. The summed E-state index contributed by atoms with van der Waals surface area (Å²) in [7, 11) is 0. The molecule has 0 atom stereocenters. The Balaban J connectivity index is 1.55. The second kappa shape index (κ2) is 12.8.